The van der Waals surface area contributed by atoms with Gasteiger partial charge < -0.3 is 15.8 Å². The lowest BCUT2D eigenvalue weighted by atomic mass is 10.2. The molecule has 0 bridgehead atoms. The monoisotopic (exact) mass is 196 g/mol. The van der Waals surface area contributed by atoms with E-state index in [4.69, 9.17) is 10.5 Å². The Morgan fingerprint density at radius 2 is 2.00 bits per heavy atom. The van der Waals surface area contributed by atoms with Crippen LogP contribution in [0.25, 0.3) is 0 Å². The summed E-state index contributed by atoms with van der Waals surface area (Å²) in [6.45, 7) is 4.04. The maximum absolute atomic E-state index is 5.76. The first-order chi connectivity index (χ1) is 6.60. The average molecular weight is 196 g/mol. The molecule has 0 saturated heterocycles. The molecule has 1 aromatic heterocycles. The number of nitrogens with one attached hydrogen (secondary N) is 1. The van der Waals surface area contributed by atoms with Gasteiger partial charge in [-0.25, -0.2) is 4.98 Å². The van der Waals surface area contributed by atoms with Gasteiger partial charge in [0, 0.05) is 13.0 Å². The van der Waals surface area contributed by atoms with Crippen molar-refractivity contribution in [1.82, 2.24) is 9.97 Å². The minimum Gasteiger partial charge on any atom is -0.479 e. The third-order valence-electron chi connectivity index (χ3n) is 1.87. The Bertz CT molecular complexity index is 300. The van der Waals surface area contributed by atoms with E-state index in [-0.39, 0.29) is 5.92 Å². The minimum atomic E-state index is 0.247. The molecule has 1 rings (SSSR count). The van der Waals surface area contributed by atoms with Crippen molar-refractivity contribution in [2.45, 2.75) is 19.8 Å². The predicted octanol–water partition coefficient (Wildman–Crippen LogP) is 1.23. The van der Waals surface area contributed by atoms with Crippen LogP contribution in [-0.4, -0.2) is 24.1 Å². The average Bonchev–Trinajstić information content (AvgIpc) is 2.17. The molecule has 14 heavy (non-hydrogen) atoms. The topological polar surface area (TPSA) is 73.1 Å². The normalized spacial score (nSPS) is 10.4. The number of hydrogen-bond acceptors (Lipinski definition) is 5. The van der Waals surface area contributed by atoms with Crippen molar-refractivity contribution < 1.29 is 4.74 Å². The number of ether oxygens (including phenoxy) is 1. The summed E-state index contributed by atoms with van der Waals surface area (Å²) in [7, 11) is 3.31. The molecule has 78 valence electrons. The summed E-state index contributed by atoms with van der Waals surface area (Å²) in [6.07, 6.45) is 0. The molecular formula is C9H16N4O. The molecule has 5 nitrogen and oxygen atoms in total. The van der Waals surface area contributed by atoms with E-state index in [9.17, 15) is 0 Å². The van der Waals surface area contributed by atoms with Gasteiger partial charge in [0.1, 0.15) is 11.5 Å². The maximum atomic E-state index is 5.76. The molecule has 0 unspecified atom stereocenters. The molecule has 0 aromatic carbocycles. The van der Waals surface area contributed by atoms with Crippen LogP contribution < -0.4 is 15.8 Å². The number of nitrogen functional groups attached to an aromatic ring is 1. The van der Waals surface area contributed by atoms with E-state index >= 15 is 0 Å². The fourth-order valence-corrected chi connectivity index (χ4v) is 1.07. The molecule has 0 amide bonds. The van der Waals surface area contributed by atoms with Crippen LogP contribution in [-0.2, 0) is 0 Å². The van der Waals surface area contributed by atoms with E-state index in [2.05, 4.69) is 15.3 Å². The molecule has 0 spiro atoms. The van der Waals surface area contributed by atoms with Crippen molar-refractivity contribution in [3.05, 3.63) is 5.82 Å². The number of anilines is 2. The number of methoxy groups -OCH3 is 1. The third-order valence-corrected chi connectivity index (χ3v) is 1.87. The molecule has 1 aromatic rings. The zero-order valence-electron chi connectivity index (χ0n) is 8.96. The van der Waals surface area contributed by atoms with E-state index in [1.165, 1.54) is 0 Å². The van der Waals surface area contributed by atoms with Gasteiger partial charge in [0.25, 0.3) is 0 Å². The molecule has 0 saturated carbocycles. The second-order valence-electron chi connectivity index (χ2n) is 3.26. The Balaban J connectivity index is 3.25. The molecule has 0 atom stereocenters. The molecule has 0 aliphatic heterocycles. The van der Waals surface area contributed by atoms with Crippen LogP contribution in [0.2, 0.25) is 0 Å². The van der Waals surface area contributed by atoms with Crippen LogP contribution >= 0.6 is 0 Å². The van der Waals surface area contributed by atoms with Crippen LogP contribution in [0, 0.1) is 0 Å². The highest BCUT2D eigenvalue weighted by molar-refractivity contribution is 5.66. The SMILES string of the molecule is CNc1nc(C(C)C)nc(OC)c1N. The van der Waals surface area contributed by atoms with Gasteiger partial charge in [0.2, 0.25) is 5.88 Å². The Morgan fingerprint density at radius 1 is 1.36 bits per heavy atom. The predicted molar refractivity (Wildman–Crippen MR) is 56.6 cm³/mol. The zero-order valence-corrected chi connectivity index (χ0v) is 8.96. The van der Waals surface area contributed by atoms with Crippen LogP contribution in [0.1, 0.15) is 25.6 Å². The zero-order chi connectivity index (χ0) is 10.7. The number of aromatic nitrogens is 2. The molecule has 1 heterocycles. The van der Waals surface area contributed by atoms with Crippen molar-refractivity contribution >= 4 is 11.5 Å². The van der Waals surface area contributed by atoms with Crippen molar-refractivity contribution in [2.75, 3.05) is 25.2 Å². The third kappa shape index (κ3) is 1.86. The van der Waals surface area contributed by atoms with E-state index in [0.717, 1.165) is 5.82 Å². The molecule has 0 fully saturated rings. The Morgan fingerprint density at radius 3 is 2.43 bits per heavy atom. The standard InChI is InChI=1S/C9H16N4O/c1-5(2)7-12-8(11-3)6(10)9(13-7)14-4/h5H,10H2,1-4H3,(H,11,12,13). The van der Waals surface area contributed by atoms with Gasteiger partial charge in [-0.15, -0.1) is 0 Å². The van der Waals surface area contributed by atoms with E-state index in [1.807, 2.05) is 13.8 Å². The fraction of sp³-hybridized carbons (Fsp3) is 0.556. The van der Waals surface area contributed by atoms with Crippen molar-refractivity contribution in [3.8, 4) is 5.88 Å². The highest BCUT2D eigenvalue weighted by Gasteiger charge is 2.12. The van der Waals surface area contributed by atoms with Crippen LogP contribution in [0.4, 0.5) is 11.5 Å². The van der Waals surface area contributed by atoms with Crippen molar-refractivity contribution in [2.24, 2.45) is 0 Å². The van der Waals surface area contributed by atoms with Gasteiger partial charge in [0.15, 0.2) is 5.82 Å². The first-order valence-electron chi connectivity index (χ1n) is 4.49. The second-order valence-corrected chi connectivity index (χ2v) is 3.26. The van der Waals surface area contributed by atoms with E-state index in [1.54, 1.807) is 14.2 Å². The Kier molecular flexibility index (Phi) is 3.11. The summed E-state index contributed by atoms with van der Waals surface area (Å²) in [5.74, 6) is 2.01. The van der Waals surface area contributed by atoms with Crippen molar-refractivity contribution in [3.63, 3.8) is 0 Å². The molecule has 0 radical (unpaired) electrons. The van der Waals surface area contributed by atoms with E-state index < -0.39 is 0 Å². The van der Waals surface area contributed by atoms with Gasteiger partial charge in [-0.3, -0.25) is 0 Å². The summed E-state index contributed by atoms with van der Waals surface area (Å²) in [6, 6.07) is 0. The van der Waals surface area contributed by atoms with Gasteiger partial charge in [-0.05, 0) is 0 Å². The Hall–Kier alpha value is -1.52. The summed E-state index contributed by atoms with van der Waals surface area (Å²) in [4.78, 5) is 8.47. The lowest BCUT2D eigenvalue weighted by Crippen LogP contribution is -2.08. The van der Waals surface area contributed by atoms with Gasteiger partial charge in [-0.2, -0.15) is 4.98 Å². The molecule has 0 aliphatic carbocycles. The first-order valence-corrected chi connectivity index (χ1v) is 4.49. The molecule has 3 N–H and O–H groups in total. The van der Waals surface area contributed by atoms with Crippen LogP contribution in [0.15, 0.2) is 0 Å². The Labute approximate surface area is 83.7 Å². The maximum Gasteiger partial charge on any atom is 0.242 e. The lowest BCUT2D eigenvalue weighted by Gasteiger charge is -2.11. The van der Waals surface area contributed by atoms with Crippen molar-refractivity contribution in [1.29, 1.82) is 0 Å². The number of nitrogens with zero attached hydrogens (tertiary/aromatic N) is 2. The number of rotatable bonds is 3. The summed E-state index contributed by atoms with van der Waals surface area (Å²) < 4.78 is 5.06. The second kappa shape index (κ2) is 4.13. The lowest BCUT2D eigenvalue weighted by molar-refractivity contribution is 0.396. The minimum absolute atomic E-state index is 0.247. The highest BCUT2D eigenvalue weighted by atomic mass is 16.5. The first kappa shape index (κ1) is 10.6. The van der Waals surface area contributed by atoms with Gasteiger partial charge >= 0.3 is 0 Å². The largest absolute Gasteiger partial charge is 0.479 e. The smallest absolute Gasteiger partial charge is 0.242 e. The molecule has 5 heteroatoms. The highest BCUT2D eigenvalue weighted by Crippen LogP contribution is 2.27. The van der Waals surface area contributed by atoms with Gasteiger partial charge in [0.05, 0.1) is 7.11 Å². The summed E-state index contributed by atoms with van der Waals surface area (Å²) in [5, 5.41) is 2.91. The summed E-state index contributed by atoms with van der Waals surface area (Å²) >= 11 is 0. The number of nitrogens with two attached hydrogens (primary N) is 1. The fourth-order valence-electron chi connectivity index (χ4n) is 1.07. The van der Waals surface area contributed by atoms with Gasteiger partial charge in [-0.1, -0.05) is 13.8 Å². The molecule has 0 aliphatic rings. The van der Waals surface area contributed by atoms with Crippen LogP contribution in [0.5, 0.6) is 5.88 Å². The van der Waals surface area contributed by atoms with Crippen LogP contribution in [0.3, 0.4) is 0 Å². The molecular weight excluding hydrogens is 180 g/mol. The quantitative estimate of drug-likeness (QED) is 0.760. The van der Waals surface area contributed by atoms with E-state index in [0.29, 0.717) is 17.4 Å². The number of hydrogen-bond donors (Lipinski definition) is 2. The summed E-state index contributed by atoms with van der Waals surface area (Å²) in [5.41, 5.74) is 6.20.